The fourth-order valence-electron chi connectivity index (χ4n) is 1.81. The number of carbonyl (C=O) groups excluding carboxylic acids is 1. The van der Waals surface area contributed by atoms with Crippen molar-refractivity contribution >= 4 is 33.2 Å². The summed E-state index contributed by atoms with van der Waals surface area (Å²) in [5.74, 6) is -0.574. The number of aryl methyl sites for hydroxylation is 1. The van der Waals surface area contributed by atoms with E-state index < -0.39 is 0 Å². The van der Waals surface area contributed by atoms with Crippen LogP contribution in [0.5, 0.6) is 0 Å². The lowest BCUT2D eigenvalue weighted by molar-refractivity contribution is -0.115. The Bertz CT molecular complexity index is 658. The third kappa shape index (κ3) is 3.57. The Labute approximate surface area is 125 Å². The van der Waals surface area contributed by atoms with Gasteiger partial charge in [0.2, 0.25) is 5.91 Å². The Morgan fingerprint density at radius 1 is 1.35 bits per heavy atom. The van der Waals surface area contributed by atoms with Gasteiger partial charge < -0.3 is 11.1 Å². The number of halogens is 2. The van der Waals surface area contributed by atoms with Crippen molar-refractivity contribution in [3.8, 4) is 0 Å². The molecule has 20 heavy (non-hydrogen) atoms. The molecule has 0 spiro atoms. The SMILES string of the molecule is Cc1cc(Br)c(NC(=O)Cc2cccc(F)c2)cc1N. The number of nitrogens with two attached hydrogens (primary N) is 1. The maximum Gasteiger partial charge on any atom is 0.228 e. The van der Waals surface area contributed by atoms with Crippen LogP contribution in [-0.4, -0.2) is 5.91 Å². The first-order valence-corrected chi connectivity index (χ1v) is 6.85. The van der Waals surface area contributed by atoms with Crippen LogP contribution in [-0.2, 0) is 11.2 Å². The summed E-state index contributed by atoms with van der Waals surface area (Å²) in [6.45, 7) is 1.89. The number of nitrogens with one attached hydrogen (secondary N) is 1. The fourth-order valence-corrected chi connectivity index (χ4v) is 2.37. The Hall–Kier alpha value is -1.88. The minimum atomic E-state index is -0.351. The lowest BCUT2D eigenvalue weighted by atomic mass is 10.1. The van der Waals surface area contributed by atoms with Crippen LogP contribution >= 0.6 is 15.9 Å². The summed E-state index contributed by atoms with van der Waals surface area (Å²) < 4.78 is 13.8. The van der Waals surface area contributed by atoms with Gasteiger partial charge in [0.25, 0.3) is 0 Å². The summed E-state index contributed by atoms with van der Waals surface area (Å²) >= 11 is 3.38. The molecule has 0 atom stereocenters. The molecule has 0 aliphatic rings. The molecule has 2 rings (SSSR count). The lowest BCUT2D eigenvalue weighted by Crippen LogP contribution is -2.15. The van der Waals surface area contributed by atoms with E-state index in [2.05, 4.69) is 21.2 Å². The van der Waals surface area contributed by atoms with Crippen LogP contribution in [0.1, 0.15) is 11.1 Å². The highest BCUT2D eigenvalue weighted by atomic mass is 79.9. The first-order chi connectivity index (χ1) is 9.45. The van der Waals surface area contributed by atoms with Gasteiger partial charge in [0.1, 0.15) is 5.82 Å². The number of hydrogen-bond donors (Lipinski definition) is 2. The highest BCUT2D eigenvalue weighted by molar-refractivity contribution is 9.10. The van der Waals surface area contributed by atoms with E-state index in [-0.39, 0.29) is 18.1 Å². The molecule has 0 aliphatic carbocycles. The first kappa shape index (κ1) is 14.5. The molecule has 0 bridgehead atoms. The third-order valence-corrected chi connectivity index (χ3v) is 3.54. The smallest absolute Gasteiger partial charge is 0.228 e. The predicted molar refractivity (Wildman–Crippen MR) is 82.0 cm³/mol. The number of rotatable bonds is 3. The van der Waals surface area contributed by atoms with Crippen molar-refractivity contribution in [2.75, 3.05) is 11.1 Å². The monoisotopic (exact) mass is 336 g/mol. The molecule has 3 N–H and O–H groups in total. The molecule has 0 aliphatic heterocycles. The topological polar surface area (TPSA) is 55.1 Å². The van der Waals surface area contributed by atoms with E-state index in [1.54, 1.807) is 18.2 Å². The molecular weight excluding hydrogens is 323 g/mol. The van der Waals surface area contributed by atoms with Crippen molar-refractivity contribution in [1.82, 2.24) is 0 Å². The van der Waals surface area contributed by atoms with Gasteiger partial charge in [-0.25, -0.2) is 4.39 Å². The van der Waals surface area contributed by atoms with Crippen molar-refractivity contribution < 1.29 is 9.18 Å². The molecule has 2 aromatic rings. The van der Waals surface area contributed by atoms with Crippen molar-refractivity contribution in [1.29, 1.82) is 0 Å². The van der Waals surface area contributed by atoms with Gasteiger partial charge >= 0.3 is 0 Å². The molecule has 0 heterocycles. The van der Waals surface area contributed by atoms with Crippen molar-refractivity contribution in [3.05, 3.63) is 57.8 Å². The molecule has 0 saturated carbocycles. The first-order valence-electron chi connectivity index (χ1n) is 6.05. The van der Waals surface area contributed by atoms with Gasteiger partial charge in [-0.05, 0) is 58.2 Å². The number of anilines is 2. The second kappa shape index (κ2) is 6.05. The zero-order valence-corrected chi connectivity index (χ0v) is 12.5. The van der Waals surface area contributed by atoms with E-state index >= 15 is 0 Å². The van der Waals surface area contributed by atoms with Gasteiger partial charge in [-0.15, -0.1) is 0 Å². The van der Waals surface area contributed by atoms with Crippen LogP contribution in [0.4, 0.5) is 15.8 Å². The second-order valence-corrected chi connectivity index (χ2v) is 5.40. The highest BCUT2D eigenvalue weighted by Crippen LogP contribution is 2.27. The summed E-state index contributed by atoms with van der Waals surface area (Å²) in [6.07, 6.45) is 0.109. The molecule has 1 amide bonds. The van der Waals surface area contributed by atoms with E-state index in [0.717, 1.165) is 10.0 Å². The molecule has 104 valence electrons. The maximum atomic E-state index is 13.1. The molecule has 0 fully saturated rings. The van der Waals surface area contributed by atoms with Crippen LogP contribution in [0.25, 0.3) is 0 Å². The average molecular weight is 337 g/mol. The Balaban J connectivity index is 2.10. The summed E-state index contributed by atoms with van der Waals surface area (Å²) in [5, 5.41) is 2.76. The van der Waals surface area contributed by atoms with Crippen LogP contribution in [0.2, 0.25) is 0 Å². The average Bonchev–Trinajstić information content (AvgIpc) is 2.36. The third-order valence-electron chi connectivity index (χ3n) is 2.88. The van der Waals surface area contributed by atoms with E-state index in [1.807, 2.05) is 13.0 Å². The summed E-state index contributed by atoms with van der Waals surface area (Å²) in [4.78, 5) is 11.9. The number of carbonyl (C=O) groups is 1. The van der Waals surface area contributed by atoms with E-state index in [0.29, 0.717) is 16.9 Å². The molecule has 5 heteroatoms. The zero-order valence-electron chi connectivity index (χ0n) is 10.9. The molecule has 0 radical (unpaired) electrons. The minimum absolute atomic E-state index is 0.109. The number of benzene rings is 2. The fraction of sp³-hybridized carbons (Fsp3) is 0.133. The molecule has 0 aromatic heterocycles. The standard InChI is InChI=1S/C15H14BrFN2O/c1-9-5-12(16)14(8-13(9)18)19-15(20)7-10-3-2-4-11(17)6-10/h2-6,8H,7,18H2,1H3,(H,19,20). The van der Waals surface area contributed by atoms with E-state index in [9.17, 15) is 9.18 Å². The van der Waals surface area contributed by atoms with Gasteiger partial charge in [0.15, 0.2) is 0 Å². The Morgan fingerprint density at radius 2 is 2.10 bits per heavy atom. The molecule has 0 unspecified atom stereocenters. The van der Waals surface area contributed by atoms with Gasteiger partial charge in [-0.2, -0.15) is 0 Å². The molecule has 2 aromatic carbocycles. The van der Waals surface area contributed by atoms with Crippen LogP contribution in [0.15, 0.2) is 40.9 Å². The largest absolute Gasteiger partial charge is 0.398 e. The van der Waals surface area contributed by atoms with Gasteiger partial charge in [0, 0.05) is 10.2 Å². The van der Waals surface area contributed by atoms with Gasteiger partial charge in [-0.3, -0.25) is 4.79 Å². The van der Waals surface area contributed by atoms with E-state index in [1.165, 1.54) is 12.1 Å². The Kier molecular flexibility index (Phi) is 4.39. The molecular formula is C15H14BrFN2O. The van der Waals surface area contributed by atoms with Crippen LogP contribution < -0.4 is 11.1 Å². The highest BCUT2D eigenvalue weighted by Gasteiger charge is 2.09. The summed E-state index contributed by atoms with van der Waals surface area (Å²) in [5.41, 5.74) is 8.58. The number of nitrogen functional groups attached to an aromatic ring is 1. The van der Waals surface area contributed by atoms with Gasteiger partial charge in [0.05, 0.1) is 12.1 Å². The zero-order chi connectivity index (χ0) is 14.7. The summed E-state index contributed by atoms with van der Waals surface area (Å²) in [7, 11) is 0. The van der Waals surface area contributed by atoms with Gasteiger partial charge in [-0.1, -0.05) is 12.1 Å². The van der Waals surface area contributed by atoms with Crippen molar-refractivity contribution in [3.63, 3.8) is 0 Å². The lowest BCUT2D eigenvalue weighted by Gasteiger charge is -2.10. The predicted octanol–water partition coefficient (Wildman–Crippen LogP) is 3.66. The van der Waals surface area contributed by atoms with Crippen molar-refractivity contribution in [2.45, 2.75) is 13.3 Å². The summed E-state index contributed by atoms with van der Waals surface area (Å²) in [6, 6.07) is 9.52. The van der Waals surface area contributed by atoms with Crippen molar-refractivity contribution in [2.24, 2.45) is 0 Å². The Morgan fingerprint density at radius 3 is 2.80 bits per heavy atom. The second-order valence-electron chi connectivity index (χ2n) is 4.54. The molecule has 0 saturated heterocycles. The quantitative estimate of drug-likeness (QED) is 0.840. The van der Waals surface area contributed by atoms with E-state index in [4.69, 9.17) is 5.73 Å². The minimum Gasteiger partial charge on any atom is -0.398 e. The van der Waals surface area contributed by atoms with Crippen LogP contribution in [0, 0.1) is 12.7 Å². The van der Waals surface area contributed by atoms with Crippen LogP contribution in [0.3, 0.4) is 0 Å². The number of hydrogen-bond acceptors (Lipinski definition) is 2. The normalized spacial score (nSPS) is 10.3. The maximum absolute atomic E-state index is 13.1. The molecule has 3 nitrogen and oxygen atoms in total. The number of amides is 1.